The molecule has 0 fully saturated rings. The van der Waals surface area contributed by atoms with E-state index in [0.717, 1.165) is 0 Å². The lowest BCUT2D eigenvalue weighted by molar-refractivity contribution is -0.133. The van der Waals surface area contributed by atoms with Gasteiger partial charge >= 0.3 is 5.97 Å². The maximum atomic E-state index is 11.1. The third-order valence-electron chi connectivity index (χ3n) is 1.58. The number of carbonyl (C=O) groups is 1. The zero-order valence-corrected chi connectivity index (χ0v) is 8.32. The van der Waals surface area contributed by atoms with Gasteiger partial charge in [0.05, 0.1) is 0 Å². The standard InChI is InChI=1S/C9H10O4S/c1-7(14(11)12)9(10)13-8-5-3-2-4-6-8/h2-7H,1H3,(H,11,12)/p-1. The number of hydrogen-bond acceptors (Lipinski definition) is 4. The van der Waals surface area contributed by atoms with Gasteiger partial charge in [-0.15, -0.1) is 0 Å². The molecule has 0 aliphatic rings. The van der Waals surface area contributed by atoms with Crippen LogP contribution in [0.1, 0.15) is 6.92 Å². The van der Waals surface area contributed by atoms with Crippen LogP contribution in [0.3, 0.4) is 0 Å². The number of para-hydroxylation sites is 1. The lowest BCUT2D eigenvalue weighted by Gasteiger charge is -2.13. The highest BCUT2D eigenvalue weighted by atomic mass is 32.2. The number of benzene rings is 1. The van der Waals surface area contributed by atoms with Gasteiger partial charge in [-0.3, -0.25) is 9.00 Å². The second-order valence-corrected chi connectivity index (χ2v) is 3.86. The topological polar surface area (TPSA) is 66.4 Å². The Labute approximate surface area is 84.2 Å². The van der Waals surface area contributed by atoms with Gasteiger partial charge in [0.1, 0.15) is 11.0 Å². The minimum atomic E-state index is -2.44. The summed E-state index contributed by atoms with van der Waals surface area (Å²) >= 11 is -2.44. The number of hydrogen-bond donors (Lipinski definition) is 0. The second kappa shape index (κ2) is 4.88. The molecule has 0 radical (unpaired) electrons. The fraction of sp³-hybridized carbons (Fsp3) is 0.222. The van der Waals surface area contributed by atoms with E-state index in [1.165, 1.54) is 6.92 Å². The molecule has 2 atom stereocenters. The molecule has 0 spiro atoms. The van der Waals surface area contributed by atoms with Gasteiger partial charge in [-0.05, 0) is 30.1 Å². The highest BCUT2D eigenvalue weighted by Gasteiger charge is 2.15. The van der Waals surface area contributed by atoms with Gasteiger partial charge in [0.25, 0.3) is 0 Å². The first-order valence-electron chi connectivity index (χ1n) is 3.96. The Kier molecular flexibility index (Phi) is 3.79. The van der Waals surface area contributed by atoms with E-state index < -0.39 is 22.3 Å². The van der Waals surface area contributed by atoms with Gasteiger partial charge in [-0.2, -0.15) is 0 Å². The van der Waals surface area contributed by atoms with Crippen LogP contribution < -0.4 is 4.74 Å². The summed E-state index contributed by atoms with van der Waals surface area (Å²) in [6.07, 6.45) is 0. The highest BCUT2D eigenvalue weighted by molar-refractivity contribution is 7.80. The van der Waals surface area contributed by atoms with Crippen molar-refractivity contribution in [2.75, 3.05) is 0 Å². The molecule has 0 aromatic heterocycles. The van der Waals surface area contributed by atoms with Crippen LogP contribution >= 0.6 is 0 Å². The average Bonchev–Trinajstić information content (AvgIpc) is 2.18. The predicted molar refractivity (Wildman–Crippen MR) is 50.5 cm³/mol. The summed E-state index contributed by atoms with van der Waals surface area (Å²) in [4.78, 5) is 11.1. The predicted octanol–water partition coefficient (Wildman–Crippen LogP) is 0.860. The highest BCUT2D eigenvalue weighted by Crippen LogP contribution is 2.10. The molecule has 76 valence electrons. The Bertz CT molecular complexity index is 336. The smallest absolute Gasteiger partial charge is 0.325 e. The Hall–Kier alpha value is -1.20. The van der Waals surface area contributed by atoms with E-state index in [9.17, 15) is 13.6 Å². The van der Waals surface area contributed by atoms with Gasteiger partial charge in [0.15, 0.2) is 0 Å². The molecule has 1 rings (SSSR count). The van der Waals surface area contributed by atoms with Crippen LogP contribution in [0.4, 0.5) is 0 Å². The molecule has 0 saturated carbocycles. The van der Waals surface area contributed by atoms with Gasteiger partial charge in [0.2, 0.25) is 0 Å². The summed E-state index contributed by atoms with van der Waals surface area (Å²) in [7, 11) is 0. The van der Waals surface area contributed by atoms with Gasteiger partial charge in [0, 0.05) is 0 Å². The molecule has 1 aromatic rings. The van der Waals surface area contributed by atoms with Crippen LogP contribution in [-0.2, 0) is 15.9 Å². The first-order chi connectivity index (χ1) is 6.61. The van der Waals surface area contributed by atoms with E-state index in [0.29, 0.717) is 5.75 Å². The summed E-state index contributed by atoms with van der Waals surface area (Å²) in [6.45, 7) is 1.27. The van der Waals surface area contributed by atoms with Crippen LogP contribution in [0.15, 0.2) is 30.3 Å². The normalized spacial score (nSPS) is 14.4. The summed E-state index contributed by atoms with van der Waals surface area (Å²) in [6, 6.07) is 8.33. The molecule has 0 heterocycles. The van der Waals surface area contributed by atoms with Crippen molar-refractivity contribution in [1.29, 1.82) is 0 Å². The zero-order chi connectivity index (χ0) is 10.6. The van der Waals surface area contributed by atoms with E-state index in [2.05, 4.69) is 0 Å². The van der Waals surface area contributed by atoms with E-state index in [1.807, 2.05) is 0 Å². The van der Waals surface area contributed by atoms with E-state index in [4.69, 9.17) is 4.74 Å². The molecule has 5 heteroatoms. The number of esters is 1. The Balaban J connectivity index is 2.62. The molecule has 0 saturated heterocycles. The fourth-order valence-electron chi connectivity index (χ4n) is 0.766. The van der Waals surface area contributed by atoms with Crippen LogP contribution in [-0.4, -0.2) is 20.0 Å². The van der Waals surface area contributed by atoms with Crippen molar-refractivity contribution in [2.24, 2.45) is 0 Å². The molecule has 0 bridgehead atoms. The lowest BCUT2D eigenvalue weighted by Crippen LogP contribution is -2.26. The fourth-order valence-corrected chi connectivity index (χ4v) is 0.971. The van der Waals surface area contributed by atoms with Crippen molar-refractivity contribution in [3.63, 3.8) is 0 Å². The molecule has 0 N–H and O–H groups in total. The van der Waals surface area contributed by atoms with Crippen molar-refractivity contribution >= 4 is 17.0 Å². The van der Waals surface area contributed by atoms with E-state index in [-0.39, 0.29) is 0 Å². The Morgan fingerprint density at radius 2 is 2.00 bits per heavy atom. The maximum absolute atomic E-state index is 11.1. The quantitative estimate of drug-likeness (QED) is 0.424. The molecule has 4 nitrogen and oxygen atoms in total. The zero-order valence-electron chi connectivity index (χ0n) is 7.51. The monoisotopic (exact) mass is 213 g/mol. The Morgan fingerprint density at radius 1 is 1.43 bits per heavy atom. The molecule has 0 aliphatic carbocycles. The first-order valence-corrected chi connectivity index (χ1v) is 5.10. The van der Waals surface area contributed by atoms with Gasteiger partial charge in [-0.25, -0.2) is 0 Å². The summed E-state index contributed by atoms with van der Waals surface area (Å²) < 4.78 is 25.7. The van der Waals surface area contributed by atoms with Crippen molar-refractivity contribution in [1.82, 2.24) is 0 Å². The first kappa shape index (κ1) is 10.9. The van der Waals surface area contributed by atoms with Gasteiger partial charge < -0.3 is 9.29 Å². The van der Waals surface area contributed by atoms with Crippen molar-refractivity contribution in [3.05, 3.63) is 30.3 Å². The van der Waals surface area contributed by atoms with Crippen molar-refractivity contribution < 1.29 is 18.3 Å². The third-order valence-corrected chi connectivity index (χ3v) is 2.35. The molecule has 14 heavy (non-hydrogen) atoms. The van der Waals surface area contributed by atoms with Crippen LogP contribution in [0, 0.1) is 0 Å². The molecule has 2 unspecified atom stereocenters. The average molecular weight is 213 g/mol. The molecular weight excluding hydrogens is 204 g/mol. The van der Waals surface area contributed by atoms with E-state index >= 15 is 0 Å². The van der Waals surface area contributed by atoms with Crippen molar-refractivity contribution in [3.8, 4) is 5.75 Å². The largest absolute Gasteiger partial charge is 0.772 e. The maximum Gasteiger partial charge on any atom is 0.325 e. The Morgan fingerprint density at radius 3 is 2.50 bits per heavy atom. The molecular formula is C9H9O4S-. The van der Waals surface area contributed by atoms with Crippen LogP contribution in [0.2, 0.25) is 0 Å². The minimum absolute atomic E-state index is 0.342. The van der Waals surface area contributed by atoms with Gasteiger partial charge in [-0.1, -0.05) is 18.2 Å². The van der Waals surface area contributed by atoms with Crippen LogP contribution in [0.25, 0.3) is 0 Å². The number of ether oxygens (including phenoxy) is 1. The SMILES string of the molecule is CC(C(=O)Oc1ccccc1)S(=O)[O-]. The van der Waals surface area contributed by atoms with Crippen molar-refractivity contribution in [2.45, 2.75) is 12.2 Å². The summed E-state index contributed by atoms with van der Waals surface area (Å²) in [5.74, 6) is -0.431. The molecule has 1 aromatic carbocycles. The molecule has 0 amide bonds. The lowest BCUT2D eigenvalue weighted by atomic mass is 10.3. The minimum Gasteiger partial charge on any atom is -0.772 e. The second-order valence-electron chi connectivity index (χ2n) is 2.64. The third kappa shape index (κ3) is 2.93. The summed E-state index contributed by atoms with van der Waals surface area (Å²) in [5, 5.41) is -1.14. The molecule has 0 aliphatic heterocycles. The number of rotatable bonds is 3. The summed E-state index contributed by atoms with van der Waals surface area (Å²) in [5.41, 5.74) is 0. The van der Waals surface area contributed by atoms with Crippen LogP contribution in [0.5, 0.6) is 5.75 Å². The van der Waals surface area contributed by atoms with E-state index in [1.54, 1.807) is 30.3 Å². The number of carbonyl (C=O) groups excluding carboxylic acids is 1.